The number of aryl methyl sites for hydroxylation is 1. The Bertz CT molecular complexity index is 432. The Morgan fingerprint density at radius 3 is 2.65 bits per heavy atom. The third-order valence-electron chi connectivity index (χ3n) is 2.25. The molecule has 0 unspecified atom stereocenters. The zero-order valence-corrected chi connectivity index (χ0v) is 9.50. The predicted octanol–water partition coefficient (Wildman–Crippen LogP) is 2.33. The summed E-state index contributed by atoms with van der Waals surface area (Å²) in [7, 11) is 0. The molecule has 5 heteroatoms. The fraction of sp³-hybridized carbons (Fsp3) is 0.333. The molecule has 0 radical (unpaired) electrons. The molecule has 1 aromatic rings. The highest BCUT2D eigenvalue weighted by Crippen LogP contribution is 2.14. The summed E-state index contributed by atoms with van der Waals surface area (Å²) in [5, 5.41) is 10.9. The van der Waals surface area contributed by atoms with E-state index in [9.17, 15) is 14.0 Å². The van der Waals surface area contributed by atoms with Gasteiger partial charge in [0.25, 0.3) is 0 Å². The number of benzene rings is 1. The average Bonchev–Trinajstić information content (AvgIpc) is 2.23. The first-order valence-corrected chi connectivity index (χ1v) is 5.27. The fourth-order valence-corrected chi connectivity index (χ4v) is 1.29. The van der Waals surface area contributed by atoms with Gasteiger partial charge in [-0.05, 0) is 31.0 Å². The second kappa shape index (κ2) is 5.98. The molecule has 0 aliphatic heterocycles. The third-order valence-corrected chi connectivity index (χ3v) is 2.25. The lowest BCUT2D eigenvalue weighted by Gasteiger charge is -2.05. The number of anilines is 1. The van der Waals surface area contributed by atoms with Crippen molar-refractivity contribution in [3.63, 3.8) is 0 Å². The monoisotopic (exact) mass is 239 g/mol. The first-order chi connectivity index (χ1) is 7.99. The number of carboxylic acids is 1. The number of rotatable bonds is 5. The van der Waals surface area contributed by atoms with Gasteiger partial charge in [0.05, 0.1) is 0 Å². The highest BCUT2D eigenvalue weighted by molar-refractivity contribution is 5.90. The number of nitrogens with one attached hydrogen (secondary N) is 1. The maximum atomic E-state index is 13.2. The number of hydrogen-bond donors (Lipinski definition) is 2. The number of aliphatic carboxylic acids is 1. The highest BCUT2D eigenvalue weighted by Gasteiger charge is 2.05. The van der Waals surface area contributed by atoms with Crippen LogP contribution in [-0.4, -0.2) is 17.0 Å². The van der Waals surface area contributed by atoms with Crippen LogP contribution in [-0.2, 0) is 9.59 Å². The molecular weight excluding hydrogens is 225 g/mol. The van der Waals surface area contributed by atoms with Crippen LogP contribution in [0.1, 0.15) is 24.8 Å². The van der Waals surface area contributed by atoms with E-state index < -0.39 is 5.97 Å². The molecule has 17 heavy (non-hydrogen) atoms. The fourth-order valence-electron chi connectivity index (χ4n) is 1.29. The Balaban J connectivity index is 2.45. The number of halogens is 1. The van der Waals surface area contributed by atoms with Crippen LogP contribution in [0, 0.1) is 12.7 Å². The number of carbonyl (C=O) groups excluding carboxylic acids is 1. The Hall–Kier alpha value is -1.91. The standard InChI is InChI=1S/C12H14FNO3/c1-8-5-6-9(7-10(8)13)14-11(15)3-2-4-12(16)17/h5-7H,2-4H2,1H3,(H,14,15)(H,16,17). The molecule has 0 spiro atoms. The van der Waals surface area contributed by atoms with E-state index in [0.29, 0.717) is 11.3 Å². The molecule has 4 nitrogen and oxygen atoms in total. The largest absolute Gasteiger partial charge is 0.481 e. The predicted molar refractivity (Wildman–Crippen MR) is 61.3 cm³/mol. The van der Waals surface area contributed by atoms with Crippen LogP contribution in [0.3, 0.4) is 0 Å². The molecule has 0 aliphatic carbocycles. The molecule has 0 saturated heterocycles. The van der Waals surface area contributed by atoms with E-state index in [2.05, 4.69) is 5.32 Å². The van der Waals surface area contributed by atoms with Crippen LogP contribution >= 0.6 is 0 Å². The Kier molecular flexibility index (Phi) is 4.63. The van der Waals surface area contributed by atoms with Gasteiger partial charge in [0.2, 0.25) is 5.91 Å². The molecule has 0 saturated carbocycles. The van der Waals surface area contributed by atoms with Gasteiger partial charge in [0.15, 0.2) is 0 Å². The van der Waals surface area contributed by atoms with E-state index >= 15 is 0 Å². The minimum Gasteiger partial charge on any atom is -0.481 e. The summed E-state index contributed by atoms with van der Waals surface area (Å²) in [6, 6.07) is 4.42. The van der Waals surface area contributed by atoms with E-state index in [1.807, 2.05) is 0 Å². The van der Waals surface area contributed by atoms with E-state index in [1.165, 1.54) is 6.07 Å². The van der Waals surface area contributed by atoms with Crippen molar-refractivity contribution in [2.45, 2.75) is 26.2 Å². The van der Waals surface area contributed by atoms with Gasteiger partial charge in [-0.1, -0.05) is 6.07 Å². The van der Waals surface area contributed by atoms with Crippen LogP contribution < -0.4 is 5.32 Å². The molecule has 2 N–H and O–H groups in total. The van der Waals surface area contributed by atoms with Gasteiger partial charge >= 0.3 is 5.97 Å². The van der Waals surface area contributed by atoms with Crippen LogP contribution in [0.5, 0.6) is 0 Å². The third kappa shape index (κ3) is 4.63. The minimum absolute atomic E-state index is 0.0460. The van der Waals surface area contributed by atoms with Crippen molar-refractivity contribution >= 4 is 17.6 Å². The molecule has 0 bridgehead atoms. The Morgan fingerprint density at radius 2 is 2.06 bits per heavy atom. The van der Waals surface area contributed by atoms with Crippen molar-refractivity contribution in [3.05, 3.63) is 29.6 Å². The van der Waals surface area contributed by atoms with Gasteiger partial charge < -0.3 is 10.4 Å². The van der Waals surface area contributed by atoms with E-state index in [-0.39, 0.29) is 31.0 Å². The minimum atomic E-state index is -0.931. The molecule has 1 rings (SSSR count). The lowest BCUT2D eigenvalue weighted by molar-refractivity contribution is -0.137. The second-order valence-corrected chi connectivity index (χ2v) is 3.76. The van der Waals surface area contributed by atoms with E-state index in [1.54, 1.807) is 19.1 Å². The van der Waals surface area contributed by atoms with Crippen molar-refractivity contribution in [1.82, 2.24) is 0 Å². The quantitative estimate of drug-likeness (QED) is 0.828. The van der Waals surface area contributed by atoms with Crippen LogP contribution in [0.25, 0.3) is 0 Å². The van der Waals surface area contributed by atoms with Crippen molar-refractivity contribution in [1.29, 1.82) is 0 Å². The maximum Gasteiger partial charge on any atom is 0.303 e. The maximum absolute atomic E-state index is 13.2. The van der Waals surface area contributed by atoms with Gasteiger partial charge in [-0.25, -0.2) is 4.39 Å². The van der Waals surface area contributed by atoms with Gasteiger partial charge in [-0.15, -0.1) is 0 Å². The highest BCUT2D eigenvalue weighted by atomic mass is 19.1. The van der Waals surface area contributed by atoms with Crippen LogP contribution in [0.2, 0.25) is 0 Å². The van der Waals surface area contributed by atoms with Crippen LogP contribution in [0.15, 0.2) is 18.2 Å². The van der Waals surface area contributed by atoms with Gasteiger partial charge in [0, 0.05) is 18.5 Å². The Labute approximate surface area is 98.5 Å². The summed E-state index contributed by atoms with van der Waals surface area (Å²) in [5.41, 5.74) is 0.891. The first kappa shape index (κ1) is 13.2. The summed E-state index contributed by atoms with van der Waals surface area (Å²) in [4.78, 5) is 21.6. The van der Waals surface area contributed by atoms with Gasteiger partial charge in [-0.3, -0.25) is 9.59 Å². The van der Waals surface area contributed by atoms with E-state index in [0.717, 1.165) is 0 Å². The molecular formula is C12H14FNO3. The Morgan fingerprint density at radius 1 is 1.35 bits per heavy atom. The molecule has 0 fully saturated rings. The lowest BCUT2D eigenvalue weighted by Crippen LogP contribution is -2.12. The molecule has 0 atom stereocenters. The smallest absolute Gasteiger partial charge is 0.303 e. The summed E-state index contributed by atoms with van der Waals surface area (Å²) in [5.74, 6) is -1.62. The number of carboxylic acid groups (broad SMARTS) is 1. The van der Waals surface area contributed by atoms with Crippen molar-refractivity contribution in [3.8, 4) is 0 Å². The van der Waals surface area contributed by atoms with Crippen molar-refractivity contribution in [2.75, 3.05) is 5.32 Å². The number of amides is 1. The normalized spacial score (nSPS) is 10.0. The molecule has 1 aromatic carbocycles. The SMILES string of the molecule is Cc1ccc(NC(=O)CCCC(=O)O)cc1F. The topological polar surface area (TPSA) is 66.4 Å². The van der Waals surface area contributed by atoms with Gasteiger partial charge in [0.1, 0.15) is 5.82 Å². The van der Waals surface area contributed by atoms with Crippen molar-refractivity contribution < 1.29 is 19.1 Å². The van der Waals surface area contributed by atoms with Crippen molar-refractivity contribution in [2.24, 2.45) is 0 Å². The number of carbonyl (C=O) groups is 2. The molecule has 0 aromatic heterocycles. The average molecular weight is 239 g/mol. The second-order valence-electron chi connectivity index (χ2n) is 3.76. The molecule has 92 valence electrons. The summed E-state index contributed by atoms with van der Waals surface area (Å²) >= 11 is 0. The summed E-state index contributed by atoms with van der Waals surface area (Å²) in [6.07, 6.45) is 0.340. The number of hydrogen-bond acceptors (Lipinski definition) is 2. The zero-order chi connectivity index (χ0) is 12.8. The van der Waals surface area contributed by atoms with E-state index in [4.69, 9.17) is 5.11 Å². The zero-order valence-electron chi connectivity index (χ0n) is 9.50. The molecule has 0 heterocycles. The summed E-state index contributed by atoms with van der Waals surface area (Å²) < 4.78 is 13.2. The lowest BCUT2D eigenvalue weighted by atomic mass is 10.2. The molecule has 0 aliphatic rings. The molecule has 1 amide bonds. The van der Waals surface area contributed by atoms with Crippen LogP contribution in [0.4, 0.5) is 10.1 Å². The summed E-state index contributed by atoms with van der Waals surface area (Å²) in [6.45, 7) is 1.63. The van der Waals surface area contributed by atoms with Gasteiger partial charge in [-0.2, -0.15) is 0 Å². The first-order valence-electron chi connectivity index (χ1n) is 5.27.